The number of hydrogen-bond acceptors (Lipinski definition) is 10. The molecule has 0 spiro atoms. The van der Waals surface area contributed by atoms with Gasteiger partial charge in [0.05, 0.1) is 39.7 Å². The van der Waals surface area contributed by atoms with Gasteiger partial charge in [-0.1, -0.05) is 0 Å². The van der Waals surface area contributed by atoms with E-state index in [0.717, 1.165) is 36.5 Å². The van der Waals surface area contributed by atoms with Gasteiger partial charge in [0.25, 0.3) is 15.6 Å². The quantitative estimate of drug-likeness (QED) is 0.350. The maximum Gasteiger partial charge on any atom is 0.421 e. The Balaban J connectivity index is 1.74. The van der Waals surface area contributed by atoms with Crippen LogP contribution in [0.5, 0.6) is 0 Å². The molecule has 0 bridgehead atoms. The van der Waals surface area contributed by atoms with E-state index in [2.05, 4.69) is 9.97 Å². The molecular formula is C22H23N5O6S4. The fourth-order valence-electron chi connectivity index (χ4n) is 4.18. The second-order valence-electron chi connectivity index (χ2n) is 9.18. The largest absolute Gasteiger partial charge is 0.464 e. The van der Waals surface area contributed by atoms with Crippen LogP contribution in [0.25, 0.3) is 10.2 Å². The molecule has 4 aromatic heterocycles. The molecule has 196 valence electrons. The summed E-state index contributed by atoms with van der Waals surface area (Å²) in [6.07, 6.45) is 0.851. The van der Waals surface area contributed by atoms with Crippen molar-refractivity contribution in [2.24, 2.45) is 0 Å². The molecule has 1 fully saturated rings. The molecule has 1 amide bonds. The first-order valence-corrected chi connectivity index (χ1v) is 15.1. The minimum absolute atomic E-state index is 0.0168. The van der Waals surface area contributed by atoms with E-state index in [1.807, 2.05) is 20.8 Å². The standard InChI is InChI=1S/C22H23N5O6S4/c1-11-16(35-13(3)24-11)10-26-19-15(18(28)25(20(26)29)9-14-8-23-12(2)34-14)7-17(36-19)37(32,33)27(21(30)31)22(4)5-6-22/h7-8H,5-6,9-10H2,1-4H3,(H,30,31). The third-order valence-electron chi connectivity index (χ3n) is 6.29. The van der Waals surface area contributed by atoms with Crippen LogP contribution in [0.15, 0.2) is 26.1 Å². The Bertz CT molecular complexity index is 1790. The summed E-state index contributed by atoms with van der Waals surface area (Å²) in [5.41, 5.74) is -1.52. The molecule has 15 heteroatoms. The molecule has 0 aromatic carbocycles. The number of thiazole rings is 2. The number of hydrogen-bond donors (Lipinski definition) is 1. The van der Waals surface area contributed by atoms with Gasteiger partial charge in [0.15, 0.2) is 0 Å². The lowest BCUT2D eigenvalue weighted by molar-refractivity contribution is 0.159. The van der Waals surface area contributed by atoms with Crippen molar-refractivity contribution in [1.82, 2.24) is 23.4 Å². The summed E-state index contributed by atoms with van der Waals surface area (Å²) in [7, 11) is -4.48. The molecule has 37 heavy (non-hydrogen) atoms. The number of aromatic nitrogens is 4. The maximum absolute atomic E-state index is 13.7. The Morgan fingerprint density at radius 1 is 1.11 bits per heavy atom. The Kier molecular flexibility index (Phi) is 6.16. The van der Waals surface area contributed by atoms with Crippen molar-refractivity contribution in [3.8, 4) is 0 Å². The molecule has 1 N–H and O–H groups in total. The van der Waals surface area contributed by atoms with Crippen LogP contribution in [0.2, 0.25) is 0 Å². The van der Waals surface area contributed by atoms with E-state index in [4.69, 9.17) is 0 Å². The average Bonchev–Trinajstić information content (AvgIpc) is 3.14. The van der Waals surface area contributed by atoms with E-state index >= 15 is 0 Å². The van der Waals surface area contributed by atoms with Crippen molar-refractivity contribution in [1.29, 1.82) is 0 Å². The van der Waals surface area contributed by atoms with E-state index in [9.17, 15) is 27.9 Å². The Hall–Kier alpha value is -2.88. The molecule has 4 heterocycles. The molecule has 0 saturated heterocycles. The van der Waals surface area contributed by atoms with Gasteiger partial charge in [-0.25, -0.2) is 19.6 Å². The van der Waals surface area contributed by atoms with Gasteiger partial charge in [0.2, 0.25) is 0 Å². The van der Waals surface area contributed by atoms with Gasteiger partial charge in [0, 0.05) is 16.0 Å². The number of fused-ring (bicyclic) bond motifs is 1. The molecule has 1 saturated carbocycles. The fraction of sp³-hybridized carbons (Fsp3) is 0.409. The number of carbonyl (C=O) groups is 1. The van der Waals surface area contributed by atoms with Gasteiger partial charge < -0.3 is 5.11 Å². The zero-order valence-electron chi connectivity index (χ0n) is 20.3. The van der Waals surface area contributed by atoms with Crippen molar-refractivity contribution in [2.45, 2.75) is 63.4 Å². The first-order chi connectivity index (χ1) is 17.3. The van der Waals surface area contributed by atoms with Crippen LogP contribution < -0.4 is 11.2 Å². The normalized spacial score (nSPS) is 14.8. The number of thiophene rings is 1. The summed E-state index contributed by atoms with van der Waals surface area (Å²) < 4.78 is 29.6. The molecule has 0 aliphatic heterocycles. The van der Waals surface area contributed by atoms with Gasteiger partial charge >= 0.3 is 11.8 Å². The number of sulfonamides is 1. The summed E-state index contributed by atoms with van der Waals surface area (Å²) >= 11 is 3.50. The molecule has 4 aromatic rings. The molecule has 0 atom stereocenters. The van der Waals surface area contributed by atoms with Gasteiger partial charge in [-0.3, -0.25) is 13.9 Å². The highest BCUT2D eigenvalue weighted by Gasteiger charge is 2.53. The van der Waals surface area contributed by atoms with Crippen LogP contribution in [0.4, 0.5) is 4.79 Å². The molecule has 0 radical (unpaired) electrons. The number of aryl methyl sites for hydroxylation is 3. The second-order valence-corrected chi connectivity index (χ2v) is 14.8. The molecule has 5 rings (SSSR count). The number of nitrogens with zero attached hydrogens (tertiary/aromatic N) is 5. The van der Waals surface area contributed by atoms with Gasteiger partial charge in [0.1, 0.15) is 9.04 Å². The average molecular weight is 582 g/mol. The minimum Gasteiger partial charge on any atom is -0.464 e. The van der Waals surface area contributed by atoms with Crippen LogP contribution in [0.1, 0.15) is 45.2 Å². The van der Waals surface area contributed by atoms with Crippen molar-refractivity contribution in [2.75, 3.05) is 0 Å². The molecule has 1 aliphatic carbocycles. The molecular weight excluding hydrogens is 559 g/mol. The van der Waals surface area contributed by atoms with E-state index in [0.29, 0.717) is 22.0 Å². The van der Waals surface area contributed by atoms with Crippen molar-refractivity contribution >= 4 is 60.3 Å². The number of carboxylic acid groups (broad SMARTS) is 1. The zero-order valence-corrected chi connectivity index (χ0v) is 23.6. The predicted octanol–water partition coefficient (Wildman–Crippen LogP) is 3.38. The van der Waals surface area contributed by atoms with Crippen molar-refractivity contribution in [3.63, 3.8) is 0 Å². The molecule has 0 unspecified atom stereocenters. The lowest BCUT2D eigenvalue weighted by atomic mass is 10.3. The van der Waals surface area contributed by atoms with E-state index in [-0.39, 0.29) is 27.5 Å². The van der Waals surface area contributed by atoms with Gasteiger partial charge in [-0.05, 0) is 46.6 Å². The van der Waals surface area contributed by atoms with Crippen LogP contribution in [-0.2, 0) is 23.1 Å². The Labute approximate surface area is 223 Å². The summed E-state index contributed by atoms with van der Waals surface area (Å²) in [4.78, 5) is 49.4. The minimum atomic E-state index is -4.48. The highest BCUT2D eigenvalue weighted by Crippen LogP contribution is 2.45. The van der Waals surface area contributed by atoms with Gasteiger partial charge in [-0.2, -0.15) is 12.7 Å². The first-order valence-electron chi connectivity index (χ1n) is 11.2. The predicted molar refractivity (Wildman–Crippen MR) is 142 cm³/mol. The lowest BCUT2D eigenvalue weighted by Gasteiger charge is -2.24. The van der Waals surface area contributed by atoms with Crippen molar-refractivity contribution < 1.29 is 18.3 Å². The third-order valence-corrected chi connectivity index (χ3v) is 11.8. The molecule has 1 aliphatic rings. The number of rotatable bonds is 7. The maximum atomic E-state index is 13.7. The Morgan fingerprint density at radius 3 is 2.35 bits per heavy atom. The highest BCUT2D eigenvalue weighted by atomic mass is 32.2. The SMILES string of the molecule is Cc1ncc(Cn2c(=O)c3cc(S(=O)(=O)N(C(=O)O)C4(C)CC4)sc3n(Cc3sc(C)nc3C)c2=O)s1. The highest BCUT2D eigenvalue weighted by molar-refractivity contribution is 7.92. The Morgan fingerprint density at radius 2 is 1.81 bits per heavy atom. The summed E-state index contributed by atoms with van der Waals surface area (Å²) in [6.45, 7) is 7.13. The summed E-state index contributed by atoms with van der Waals surface area (Å²) in [6, 6.07) is 1.19. The summed E-state index contributed by atoms with van der Waals surface area (Å²) in [5, 5.41) is 11.4. The van der Waals surface area contributed by atoms with Crippen LogP contribution in [0.3, 0.4) is 0 Å². The monoisotopic (exact) mass is 581 g/mol. The van der Waals surface area contributed by atoms with Crippen molar-refractivity contribution in [3.05, 3.63) is 58.6 Å². The van der Waals surface area contributed by atoms with E-state index in [1.54, 1.807) is 13.1 Å². The zero-order chi connectivity index (χ0) is 26.9. The smallest absolute Gasteiger partial charge is 0.421 e. The van der Waals surface area contributed by atoms with Crippen LogP contribution in [0, 0.1) is 20.8 Å². The third kappa shape index (κ3) is 4.43. The van der Waals surface area contributed by atoms with Crippen LogP contribution in [-0.4, -0.2) is 48.6 Å². The first kappa shape index (κ1) is 25.8. The fourth-order valence-corrected chi connectivity index (χ4v) is 9.06. The summed E-state index contributed by atoms with van der Waals surface area (Å²) in [5.74, 6) is 0. The van der Waals surface area contributed by atoms with E-state index in [1.165, 1.54) is 33.3 Å². The van der Waals surface area contributed by atoms with E-state index < -0.39 is 32.9 Å². The second kappa shape index (κ2) is 8.85. The topological polar surface area (TPSA) is 144 Å². The lowest BCUT2D eigenvalue weighted by Crippen LogP contribution is -2.43. The molecule has 11 nitrogen and oxygen atoms in total. The number of amides is 1. The van der Waals surface area contributed by atoms with Crippen LogP contribution >= 0.6 is 34.0 Å². The van der Waals surface area contributed by atoms with Gasteiger partial charge in [-0.15, -0.1) is 34.0 Å².